The standard InChI is InChI=1S/C19H22Cl2N2O3S/c1-13-5-7-16(9-14(13)2)22(3)19(24)12-23(27(4,25)26)11-15-6-8-17(20)18(21)10-15/h5-10H,11-12H2,1-4H3. The molecule has 8 heteroatoms. The molecule has 0 aliphatic heterocycles. The van der Waals surface area contributed by atoms with E-state index in [4.69, 9.17) is 23.2 Å². The number of likely N-dealkylation sites (N-methyl/N-ethyl adjacent to an activating group) is 1. The van der Waals surface area contributed by atoms with Crippen LogP contribution in [0, 0.1) is 13.8 Å². The Morgan fingerprint density at radius 1 is 1.00 bits per heavy atom. The number of carbonyl (C=O) groups is 1. The van der Waals surface area contributed by atoms with Gasteiger partial charge in [0, 0.05) is 19.3 Å². The number of nitrogens with zero attached hydrogens (tertiary/aromatic N) is 2. The van der Waals surface area contributed by atoms with Crippen molar-refractivity contribution in [2.45, 2.75) is 20.4 Å². The molecule has 2 aromatic carbocycles. The van der Waals surface area contributed by atoms with Crippen LogP contribution in [0.2, 0.25) is 10.0 Å². The van der Waals surface area contributed by atoms with E-state index in [0.717, 1.165) is 21.7 Å². The summed E-state index contributed by atoms with van der Waals surface area (Å²) in [6, 6.07) is 10.5. The minimum atomic E-state index is -3.60. The Hall–Kier alpha value is -1.60. The first kappa shape index (κ1) is 21.7. The molecule has 0 heterocycles. The van der Waals surface area contributed by atoms with E-state index in [9.17, 15) is 13.2 Å². The fraction of sp³-hybridized carbons (Fsp3) is 0.316. The Bertz CT molecular complexity index is 961. The quantitative estimate of drug-likeness (QED) is 0.697. The fourth-order valence-corrected chi connectivity index (χ4v) is 3.52. The van der Waals surface area contributed by atoms with E-state index in [1.807, 2.05) is 32.0 Å². The van der Waals surface area contributed by atoms with Crippen molar-refractivity contribution < 1.29 is 13.2 Å². The van der Waals surface area contributed by atoms with Crippen molar-refractivity contribution in [3.8, 4) is 0 Å². The lowest BCUT2D eigenvalue weighted by Gasteiger charge is -2.24. The molecule has 5 nitrogen and oxygen atoms in total. The van der Waals surface area contributed by atoms with E-state index < -0.39 is 10.0 Å². The van der Waals surface area contributed by atoms with Gasteiger partial charge in [-0.3, -0.25) is 4.79 Å². The van der Waals surface area contributed by atoms with Crippen molar-refractivity contribution >= 4 is 44.8 Å². The lowest BCUT2D eigenvalue weighted by Crippen LogP contribution is -2.40. The zero-order valence-corrected chi connectivity index (χ0v) is 18.0. The molecule has 0 fully saturated rings. The van der Waals surface area contributed by atoms with Gasteiger partial charge in [-0.1, -0.05) is 35.3 Å². The smallest absolute Gasteiger partial charge is 0.242 e. The van der Waals surface area contributed by atoms with Crippen LogP contribution in [0.15, 0.2) is 36.4 Å². The molecule has 0 radical (unpaired) electrons. The van der Waals surface area contributed by atoms with E-state index in [-0.39, 0.29) is 19.0 Å². The highest BCUT2D eigenvalue weighted by molar-refractivity contribution is 7.88. The van der Waals surface area contributed by atoms with Gasteiger partial charge in [0.05, 0.1) is 22.8 Å². The molecule has 0 aliphatic carbocycles. The van der Waals surface area contributed by atoms with Crippen LogP contribution in [0.3, 0.4) is 0 Å². The van der Waals surface area contributed by atoms with E-state index in [1.54, 1.807) is 25.2 Å². The number of hydrogen-bond donors (Lipinski definition) is 0. The number of anilines is 1. The van der Waals surface area contributed by atoms with Crippen LogP contribution in [0.5, 0.6) is 0 Å². The summed E-state index contributed by atoms with van der Waals surface area (Å²) >= 11 is 11.9. The highest BCUT2D eigenvalue weighted by Crippen LogP contribution is 2.24. The topological polar surface area (TPSA) is 57.7 Å². The maximum Gasteiger partial charge on any atom is 0.242 e. The molecule has 2 rings (SSSR count). The Morgan fingerprint density at radius 2 is 1.67 bits per heavy atom. The zero-order valence-electron chi connectivity index (χ0n) is 15.7. The highest BCUT2D eigenvalue weighted by Gasteiger charge is 2.23. The summed E-state index contributed by atoms with van der Waals surface area (Å²) in [5.41, 5.74) is 3.54. The summed E-state index contributed by atoms with van der Waals surface area (Å²) in [6.45, 7) is 3.71. The molecule has 2 aromatic rings. The number of benzene rings is 2. The van der Waals surface area contributed by atoms with Gasteiger partial charge in [0.15, 0.2) is 0 Å². The van der Waals surface area contributed by atoms with Gasteiger partial charge in [-0.05, 0) is 54.8 Å². The minimum Gasteiger partial charge on any atom is -0.314 e. The fourth-order valence-electron chi connectivity index (χ4n) is 2.47. The first-order chi connectivity index (χ1) is 12.5. The van der Waals surface area contributed by atoms with Gasteiger partial charge in [-0.25, -0.2) is 8.42 Å². The molecule has 0 aromatic heterocycles. The van der Waals surface area contributed by atoms with Gasteiger partial charge in [0.2, 0.25) is 15.9 Å². The predicted octanol–water partition coefficient (Wildman–Crippen LogP) is 4.03. The van der Waals surface area contributed by atoms with Crippen LogP contribution in [0.25, 0.3) is 0 Å². The lowest BCUT2D eigenvalue weighted by molar-refractivity contribution is -0.118. The van der Waals surface area contributed by atoms with Crippen LogP contribution in [-0.2, 0) is 21.4 Å². The lowest BCUT2D eigenvalue weighted by atomic mass is 10.1. The van der Waals surface area contributed by atoms with Gasteiger partial charge in [-0.15, -0.1) is 0 Å². The average Bonchev–Trinajstić information content (AvgIpc) is 2.58. The van der Waals surface area contributed by atoms with Crippen LogP contribution in [-0.4, -0.2) is 38.5 Å². The number of aryl methyl sites for hydroxylation is 2. The predicted molar refractivity (Wildman–Crippen MR) is 111 cm³/mol. The van der Waals surface area contributed by atoms with Crippen LogP contribution in [0.1, 0.15) is 16.7 Å². The molecule has 0 saturated heterocycles. The molecule has 146 valence electrons. The molecular weight excluding hydrogens is 407 g/mol. The van der Waals surface area contributed by atoms with Crippen LogP contribution >= 0.6 is 23.2 Å². The molecule has 1 amide bonds. The van der Waals surface area contributed by atoms with E-state index in [0.29, 0.717) is 21.3 Å². The molecule has 27 heavy (non-hydrogen) atoms. The third kappa shape index (κ3) is 5.69. The van der Waals surface area contributed by atoms with E-state index in [2.05, 4.69) is 0 Å². The normalized spacial score (nSPS) is 11.7. The number of halogens is 2. The minimum absolute atomic E-state index is 0.0300. The largest absolute Gasteiger partial charge is 0.314 e. The second kappa shape index (κ2) is 8.61. The summed E-state index contributed by atoms with van der Waals surface area (Å²) in [5.74, 6) is -0.330. The second-order valence-electron chi connectivity index (χ2n) is 6.50. The van der Waals surface area contributed by atoms with Crippen LogP contribution < -0.4 is 4.90 Å². The number of carbonyl (C=O) groups excluding carboxylic acids is 1. The molecule has 0 saturated carbocycles. The summed E-state index contributed by atoms with van der Waals surface area (Å²) in [4.78, 5) is 14.1. The summed E-state index contributed by atoms with van der Waals surface area (Å²) in [7, 11) is -1.97. The number of sulfonamides is 1. The average molecular weight is 429 g/mol. The van der Waals surface area contributed by atoms with Gasteiger partial charge in [0.25, 0.3) is 0 Å². The number of amides is 1. The number of rotatable bonds is 6. The third-order valence-corrected chi connectivity index (χ3v) is 6.31. The molecule has 0 N–H and O–H groups in total. The van der Waals surface area contributed by atoms with Crippen molar-refractivity contribution in [2.24, 2.45) is 0 Å². The van der Waals surface area contributed by atoms with Crippen molar-refractivity contribution in [3.05, 3.63) is 63.1 Å². The third-order valence-electron chi connectivity index (χ3n) is 4.38. The summed E-state index contributed by atoms with van der Waals surface area (Å²) in [5, 5.41) is 0.720. The van der Waals surface area contributed by atoms with Gasteiger partial charge in [0.1, 0.15) is 0 Å². The Labute approximate surface area is 170 Å². The van der Waals surface area contributed by atoms with Gasteiger partial charge < -0.3 is 4.90 Å². The Morgan fingerprint density at radius 3 is 2.22 bits per heavy atom. The maximum absolute atomic E-state index is 12.7. The Kier molecular flexibility index (Phi) is 6.92. The molecule has 0 unspecified atom stereocenters. The van der Waals surface area contributed by atoms with Crippen LogP contribution in [0.4, 0.5) is 5.69 Å². The van der Waals surface area contributed by atoms with Crippen molar-refractivity contribution in [1.82, 2.24) is 4.31 Å². The Balaban J connectivity index is 2.20. The molecule has 0 atom stereocenters. The van der Waals surface area contributed by atoms with Crippen molar-refractivity contribution in [2.75, 3.05) is 24.7 Å². The highest BCUT2D eigenvalue weighted by atomic mass is 35.5. The molecular formula is C19H22Cl2N2O3S. The number of hydrogen-bond acceptors (Lipinski definition) is 3. The SMILES string of the molecule is Cc1ccc(N(C)C(=O)CN(Cc2ccc(Cl)c(Cl)c2)S(C)(=O)=O)cc1C. The zero-order chi connectivity index (χ0) is 20.4. The molecule has 0 spiro atoms. The summed E-state index contributed by atoms with van der Waals surface area (Å²) in [6.07, 6.45) is 1.08. The first-order valence-corrected chi connectivity index (χ1v) is 10.8. The van der Waals surface area contributed by atoms with Gasteiger partial charge in [-0.2, -0.15) is 4.31 Å². The monoisotopic (exact) mass is 428 g/mol. The molecule has 0 aliphatic rings. The van der Waals surface area contributed by atoms with E-state index >= 15 is 0 Å². The first-order valence-electron chi connectivity index (χ1n) is 8.22. The van der Waals surface area contributed by atoms with Gasteiger partial charge >= 0.3 is 0 Å². The maximum atomic E-state index is 12.7. The van der Waals surface area contributed by atoms with Crippen molar-refractivity contribution in [3.63, 3.8) is 0 Å². The second-order valence-corrected chi connectivity index (χ2v) is 9.30. The van der Waals surface area contributed by atoms with E-state index in [1.165, 1.54) is 4.90 Å². The molecule has 0 bridgehead atoms. The van der Waals surface area contributed by atoms with Crippen molar-refractivity contribution in [1.29, 1.82) is 0 Å². The summed E-state index contributed by atoms with van der Waals surface area (Å²) < 4.78 is 25.5.